The van der Waals surface area contributed by atoms with Crippen LogP contribution in [0, 0.1) is 0 Å². The summed E-state index contributed by atoms with van der Waals surface area (Å²) < 4.78 is 14.5. The van der Waals surface area contributed by atoms with Gasteiger partial charge in [0, 0.05) is 14.9 Å². The number of ether oxygens (including phenoxy) is 1. The summed E-state index contributed by atoms with van der Waals surface area (Å²) in [6, 6.07) is 24.1. The molecule has 1 aliphatic heterocycles. The maximum absolute atomic E-state index is 13.3. The summed E-state index contributed by atoms with van der Waals surface area (Å²) in [5, 5.41) is 0.819. The Balaban J connectivity index is 1.61. The maximum Gasteiger partial charge on any atom is 0.344 e. The van der Waals surface area contributed by atoms with Crippen molar-refractivity contribution in [2.75, 3.05) is 0 Å². The minimum atomic E-state index is -0.336. The van der Waals surface area contributed by atoms with Crippen LogP contribution in [-0.4, -0.2) is 0 Å². The van der Waals surface area contributed by atoms with Gasteiger partial charge in [-0.2, -0.15) is 0 Å². The van der Waals surface area contributed by atoms with Crippen LogP contribution in [0.25, 0.3) is 17.0 Å². The van der Waals surface area contributed by atoms with Crippen LogP contribution in [0.3, 0.4) is 0 Å². The predicted molar refractivity (Wildman–Crippen MR) is 142 cm³/mol. The lowest BCUT2D eigenvalue weighted by atomic mass is 9.76. The third-order valence-corrected chi connectivity index (χ3v) is 7.59. The molecule has 1 aromatic heterocycles. The van der Waals surface area contributed by atoms with Gasteiger partial charge in [0.15, 0.2) is 0 Å². The zero-order valence-corrected chi connectivity index (χ0v) is 21.4. The van der Waals surface area contributed by atoms with E-state index in [9.17, 15) is 4.79 Å². The Morgan fingerprint density at radius 3 is 2.32 bits per heavy atom. The van der Waals surface area contributed by atoms with Crippen LogP contribution >= 0.6 is 31.9 Å². The molecule has 0 spiro atoms. The second kappa shape index (κ2) is 8.71. The smallest absolute Gasteiger partial charge is 0.344 e. The van der Waals surface area contributed by atoms with Crippen LogP contribution in [0.4, 0.5) is 0 Å². The molecule has 0 radical (unpaired) electrons. The quantitative estimate of drug-likeness (QED) is 0.225. The Kier molecular flexibility index (Phi) is 5.54. The molecule has 0 N–H and O–H groups in total. The Morgan fingerprint density at radius 2 is 1.56 bits per heavy atom. The van der Waals surface area contributed by atoms with Crippen LogP contribution in [0.2, 0.25) is 0 Å². The number of fused-ring (bicyclic) bond motifs is 3. The predicted octanol–water partition coefficient (Wildman–Crippen LogP) is 8.36. The minimum absolute atomic E-state index is 0.207. The molecule has 0 bridgehead atoms. The summed E-state index contributed by atoms with van der Waals surface area (Å²) in [7, 11) is 0. The standard InChI is InChI=1S/C29H20Br2O3/c30-20-12-8-17(9-13-20)16-19-4-3-6-23-25(18-10-14-21(31)15-11-18)26-28(34-27(19)23)22-5-1-2-7-24(22)33-29(26)32/h1-2,5,7-16,25H,3-4,6H2. The second-order valence-corrected chi connectivity index (χ2v) is 10.5. The van der Waals surface area contributed by atoms with E-state index in [4.69, 9.17) is 9.15 Å². The molecule has 1 unspecified atom stereocenters. The average molecular weight is 576 g/mol. The summed E-state index contributed by atoms with van der Waals surface area (Å²) in [5.74, 6) is 1.30. The van der Waals surface area contributed by atoms with Crippen molar-refractivity contribution in [3.8, 4) is 5.75 Å². The van der Waals surface area contributed by atoms with Crippen LogP contribution in [-0.2, 0) is 0 Å². The van der Waals surface area contributed by atoms with E-state index >= 15 is 0 Å². The lowest BCUT2D eigenvalue weighted by Crippen LogP contribution is -2.26. The zero-order valence-electron chi connectivity index (χ0n) is 18.2. The minimum Gasteiger partial charge on any atom is -0.456 e. The molecule has 0 amide bonds. The van der Waals surface area contributed by atoms with Crippen molar-refractivity contribution < 1.29 is 9.15 Å². The van der Waals surface area contributed by atoms with Gasteiger partial charge in [0.1, 0.15) is 17.1 Å². The number of allylic oxidation sites excluding steroid dienone is 2. The molecule has 6 rings (SSSR count). The summed E-state index contributed by atoms with van der Waals surface area (Å²) in [6.07, 6.45) is 5.01. The van der Waals surface area contributed by atoms with Gasteiger partial charge in [0.25, 0.3) is 0 Å². The van der Waals surface area contributed by atoms with Gasteiger partial charge in [-0.05, 0) is 84.0 Å². The molecule has 34 heavy (non-hydrogen) atoms. The molecule has 4 aromatic rings. The fourth-order valence-corrected chi connectivity index (χ4v) is 5.53. The van der Waals surface area contributed by atoms with Crippen molar-refractivity contribution in [2.45, 2.75) is 25.2 Å². The molecule has 0 fully saturated rings. The third-order valence-electron chi connectivity index (χ3n) is 6.53. The number of benzene rings is 3. The van der Waals surface area contributed by atoms with Gasteiger partial charge >= 0.3 is 5.63 Å². The normalized spacial score (nSPS) is 18.5. The molecule has 0 saturated carbocycles. The van der Waals surface area contributed by atoms with Gasteiger partial charge in [-0.3, -0.25) is 0 Å². The fraction of sp³-hybridized carbons (Fsp3) is 0.138. The lowest BCUT2D eigenvalue weighted by molar-refractivity contribution is 0.381. The molecule has 2 aliphatic rings. The Hall–Kier alpha value is -2.89. The fourth-order valence-electron chi connectivity index (χ4n) is 5.00. The number of para-hydroxylation sites is 1. The van der Waals surface area contributed by atoms with Gasteiger partial charge in [-0.25, -0.2) is 4.79 Å². The molecule has 3 nitrogen and oxygen atoms in total. The summed E-state index contributed by atoms with van der Waals surface area (Å²) in [6.45, 7) is 0. The van der Waals surface area contributed by atoms with Crippen LogP contribution in [0.15, 0.2) is 108 Å². The Morgan fingerprint density at radius 1 is 0.853 bits per heavy atom. The largest absolute Gasteiger partial charge is 0.456 e. The van der Waals surface area contributed by atoms with E-state index in [0.717, 1.165) is 61.6 Å². The number of hydrogen-bond acceptors (Lipinski definition) is 3. The topological polar surface area (TPSA) is 39.4 Å². The SMILES string of the molecule is O=c1oc2ccccc2c2c1C(c1ccc(Br)cc1)C1=C(O2)C(=Cc2ccc(Br)cc2)CCC1. The van der Waals surface area contributed by atoms with E-state index in [1.165, 1.54) is 0 Å². The molecule has 3 aromatic carbocycles. The van der Waals surface area contributed by atoms with Crippen molar-refractivity contribution in [3.63, 3.8) is 0 Å². The van der Waals surface area contributed by atoms with Crippen molar-refractivity contribution in [3.05, 3.63) is 126 Å². The molecular formula is C29H20Br2O3. The Labute approximate surface area is 214 Å². The van der Waals surface area contributed by atoms with E-state index in [1.54, 1.807) is 0 Å². The van der Waals surface area contributed by atoms with Gasteiger partial charge in [-0.15, -0.1) is 0 Å². The molecular weight excluding hydrogens is 556 g/mol. The van der Waals surface area contributed by atoms with Gasteiger partial charge < -0.3 is 9.15 Å². The van der Waals surface area contributed by atoms with Crippen molar-refractivity contribution in [1.29, 1.82) is 0 Å². The van der Waals surface area contributed by atoms with Gasteiger partial charge in [0.2, 0.25) is 0 Å². The van der Waals surface area contributed by atoms with E-state index in [1.807, 2.05) is 48.5 Å². The molecule has 168 valence electrons. The van der Waals surface area contributed by atoms with E-state index in [2.05, 4.69) is 62.2 Å². The van der Waals surface area contributed by atoms with Crippen molar-refractivity contribution >= 4 is 48.9 Å². The van der Waals surface area contributed by atoms with Gasteiger partial charge in [0.05, 0.1) is 10.9 Å². The first-order valence-electron chi connectivity index (χ1n) is 11.3. The zero-order chi connectivity index (χ0) is 23.2. The lowest BCUT2D eigenvalue weighted by Gasteiger charge is -2.34. The number of hydrogen-bond donors (Lipinski definition) is 0. The van der Waals surface area contributed by atoms with Crippen molar-refractivity contribution in [2.24, 2.45) is 0 Å². The number of halogens is 2. The van der Waals surface area contributed by atoms with E-state index < -0.39 is 0 Å². The second-order valence-electron chi connectivity index (χ2n) is 8.64. The summed E-state index contributed by atoms with van der Waals surface area (Å²) in [5.41, 5.74) is 5.29. The maximum atomic E-state index is 13.3. The molecule has 5 heteroatoms. The van der Waals surface area contributed by atoms with Crippen LogP contribution in [0.5, 0.6) is 5.75 Å². The first-order valence-corrected chi connectivity index (χ1v) is 12.9. The molecule has 0 saturated heterocycles. The molecule has 1 aliphatic carbocycles. The highest BCUT2D eigenvalue weighted by Gasteiger charge is 2.37. The highest BCUT2D eigenvalue weighted by atomic mass is 79.9. The van der Waals surface area contributed by atoms with Crippen molar-refractivity contribution in [1.82, 2.24) is 0 Å². The highest BCUT2D eigenvalue weighted by molar-refractivity contribution is 9.10. The monoisotopic (exact) mass is 574 g/mol. The number of rotatable bonds is 2. The Bertz CT molecular complexity index is 1530. The summed E-state index contributed by atoms with van der Waals surface area (Å²) >= 11 is 7.06. The average Bonchev–Trinajstić information content (AvgIpc) is 2.85. The van der Waals surface area contributed by atoms with Crippen LogP contribution in [0.1, 0.15) is 41.9 Å². The first-order chi connectivity index (χ1) is 16.6. The van der Waals surface area contributed by atoms with Gasteiger partial charge in [-0.1, -0.05) is 68.3 Å². The van der Waals surface area contributed by atoms with E-state index in [-0.39, 0.29) is 11.5 Å². The van der Waals surface area contributed by atoms with E-state index in [0.29, 0.717) is 16.9 Å². The van der Waals surface area contributed by atoms with Crippen LogP contribution < -0.4 is 10.4 Å². The molecule has 2 heterocycles. The summed E-state index contributed by atoms with van der Waals surface area (Å²) in [4.78, 5) is 13.3. The highest BCUT2D eigenvalue weighted by Crippen LogP contribution is 2.50. The first kappa shape index (κ1) is 21.6. The molecule has 1 atom stereocenters. The third kappa shape index (κ3) is 3.77.